The van der Waals surface area contributed by atoms with E-state index in [1.54, 1.807) is 0 Å². The molecule has 14 heavy (non-hydrogen) atoms. The molecule has 0 saturated carbocycles. The first-order valence-electron chi connectivity index (χ1n) is 5.45. The number of hydrogen-bond donors (Lipinski definition) is 0. The largest absolute Gasteiger partial charge is 0.459 e. The summed E-state index contributed by atoms with van der Waals surface area (Å²) in [4.78, 5) is 11.1. The third kappa shape index (κ3) is 1.78. The van der Waals surface area contributed by atoms with Crippen molar-refractivity contribution in [1.29, 1.82) is 0 Å². The summed E-state index contributed by atoms with van der Waals surface area (Å²) in [5.41, 5.74) is -0.176. The summed E-state index contributed by atoms with van der Waals surface area (Å²) < 4.78 is 11.1. The predicted octanol–water partition coefficient (Wildman–Crippen LogP) is 1.90. The van der Waals surface area contributed by atoms with E-state index in [4.69, 9.17) is 9.47 Å². The molecule has 1 spiro atoms. The van der Waals surface area contributed by atoms with Gasteiger partial charge in [-0.3, -0.25) is 4.79 Å². The van der Waals surface area contributed by atoms with Gasteiger partial charge in [0.05, 0.1) is 12.7 Å². The van der Waals surface area contributed by atoms with Crippen molar-refractivity contribution >= 4 is 5.97 Å². The topological polar surface area (TPSA) is 35.5 Å². The SMILES string of the molecule is CC(C)C1CC2(CCO1)CCC(=O)O2. The Hall–Kier alpha value is -0.570. The maximum absolute atomic E-state index is 11.1. The van der Waals surface area contributed by atoms with Gasteiger partial charge in [-0.05, 0) is 12.3 Å². The highest BCUT2D eigenvalue weighted by molar-refractivity contribution is 5.72. The minimum atomic E-state index is -0.176. The summed E-state index contributed by atoms with van der Waals surface area (Å²) in [5, 5.41) is 0. The first kappa shape index (κ1) is 9.97. The Balaban J connectivity index is 2.03. The van der Waals surface area contributed by atoms with E-state index >= 15 is 0 Å². The molecule has 2 saturated heterocycles. The van der Waals surface area contributed by atoms with Crippen LogP contribution in [0.25, 0.3) is 0 Å². The van der Waals surface area contributed by atoms with Crippen LogP contribution in [0.3, 0.4) is 0 Å². The Labute approximate surface area is 84.8 Å². The zero-order valence-electron chi connectivity index (χ0n) is 8.91. The molecular weight excluding hydrogens is 180 g/mol. The van der Waals surface area contributed by atoms with E-state index in [-0.39, 0.29) is 17.7 Å². The van der Waals surface area contributed by atoms with Crippen molar-refractivity contribution in [2.75, 3.05) is 6.61 Å². The van der Waals surface area contributed by atoms with Crippen molar-refractivity contribution < 1.29 is 14.3 Å². The highest BCUT2D eigenvalue weighted by Crippen LogP contribution is 2.39. The second kappa shape index (κ2) is 3.54. The molecule has 3 heteroatoms. The van der Waals surface area contributed by atoms with Gasteiger partial charge in [0, 0.05) is 19.3 Å². The average molecular weight is 198 g/mol. The van der Waals surface area contributed by atoms with E-state index < -0.39 is 0 Å². The molecule has 0 aromatic carbocycles. The van der Waals surface area contributed by atoms with Gasteiger partial charge in [-0.2, -0.15) is 0 Å². The molecule has 2 fully saturated rings. The summed E-state index contributed by atoms with van der Waals surface area (Å²) in [6, 6.07) is 0. The molecule has 0 bridgehead atoms. The van der Waals surface area contributed by atoms with Gasteiger partial charge < -0.3 is 9.47 Å². The highest BCUT2D eigenvalue weighted by atomic mass is 16.6. The number of carbonyl (C=O) groups is 1. The van der Waals surface area contributed by atoms with E-state index in [9.17, 15) is 4.79 Å². The second-order valence-corrected chi connectivity index (χ2v) is 4.76. The molecular formula is C11H18O3. The van der Waals surface area contributed by atoms with E-state index in [0.717, 1.165) is 25.9 Å². The van der Waals surface area contributed by atoms with Crippen molar-refractivity contribution in [3.8, 4) is 0 Å². The van der Waals surface area contributed by atoms with Crippen LogP contribution in [-0.4, -0.2) is 24.3 Å². The maximum atomic E-state index is 11.1. The summed E-state index contributed by atoms with van der Waals surface area (Å²) >= 11 is 0. The van der Waals surface area contributed by atoms with Crippen molar-refractivity contribution in [3.63, 3.8) is 0 Å². The number of ether oxygens (including phenoxy) is 2. The lowest BCUT2D eigenvalue weighted by Gasteiger charge is -2.38. The van der Waals surface area contributed by atoms with Gasteiger partial charge in [0.2, 0.25) is 0 Å². The molecule has 2 rings (SSSR count). The smallest absolute Gasteiger partial charge is 0.306 e. The molecule has 80 valence electrons. The molecule has 0 aromatic heterocycles. The minimum Gasteiger partial charge on any atom is -0.459 e. The predicted molar refractivity (Wildman–Crippen MR) is 51.9 cm³/mol. The van der Waals surface area contributed by atoms with Gasteiger partial charge in [0.1, 0.15) is 5.60 Å². The summed E-state index contributed by atoms with van der Waals surface area (Å²) in [5.74, 6) is 0.473. The molecule has 0 aliphatic carbocycles. The van der Waals surface area contributed by atoms with E-state index in [1.807, 2.05) is 0 Å². The lowest BCUT2D eigenvalue weighted by molar-refractivity contribution is -0.163. The van der Waals surface area contributed by atoms with Gasteiger partial charge in [-0.1, -0.05) is 13.8 Å². The summed E-state index contributed by atoms with van der Waals surface area (Å²) in [6.45, 7) is 5.04. The lowest BCUT2D eigenvalue weighted by Crippen LogP contribution is -2.42. The number of esters is 1. The third-order valence-electron chi connectivity index (χ3n) is 3.32. The van der Waals surface area contributed by atoms with E-state index in [1.165, 1.54) is 0 Å². The van der Waals surface area contributed by atoms with Gasteiger partial charge in [-0.15, -0.1) is 0 Å². The van der Waals surface area contributed by atoms with Crippen LogP contribution in [0, 0.1) is 5.92 Å². The van der Waals surface area contributed by atoms with Gasteiger partial charge in [0.25, 0.3) is 0 Å². The van der Waals surface area contributed by atoms with Crippen LogP contribution in [0.2, 0.25) is 0 Å². The van der Waals surface area contributed by atoms with Gasteiger partial charge >= 0.3 is 5.97 Å². The Morgan fingerprint density at radius 1 is 1.43 bits per heavy atom. The molecule has 2 aliphatic heterocycles. The quantitative estimate of drug-likeness (QED) is 0.604. The monoisotopic (exact) mass is 198 g/mol. The zero-order valence-corrected chi connectivity index (χ0v) is 8.91. The van der Waals surface area contributed by atoms with Crippen LogP contribution in [0.4, 0.5) is 0 Å². The molecule has 0 N–H and O–H groups in total. The molecule has 0 radical (unpaired) electrons. The van der Waals surface area contributed by atoms with Crippen LogP contribution >= 0.6 is 0 Å². The molecule has 2 atom stereocenters. The normalized spacial score (nSPS) is 37.9. The summed E-state index contributed by atoms with van der Waals surface area (Å²) in [7, 11) is 0. The molecule has 0 aromatic rings. The molecule has 3 nitrogen and oxygen atoms in total. The summed E-state index contributed by atoms with van der Waals surface area (Å²) in [6.07, 6.45) is 3.50. The fourth-order valence-electron chi connectivity index (χ4n) is 2.35. The number of hydrogen-bond acceptors (Lipinski definition) is 3. The standard InChI is InChI=1S/C11H18O3/c1-8(2)9-7-11(5-6-13-9)4-3-10(12)14-11/h8-9H,3-7H2,1-2H3. The van der Waals surface area contributed by atoms with Crippen LogP contribution < -0.4 is 0 Å². The highest BCUT2D eigenvalue weighted by Gasteiger charge is 2.45. The first-order valence-corrected chi connectivity index (χ1v) is 5.45. The molecule has 0 amide bonds. The Morgan fingerprint density at radius 2 is 2.21 bits per heavy atom. The number of rotatable bonds is 1. The fraction of sp³-hybridized carbons (Fsp3) is 0.909. The maximum Gasteiger partial charge on any atom is 0.306 e. The number of carbonyl (C=O) groups excluding carboxylic acids is 1. The lowest BCUT2D eigenvalue weighted by atomic mass is 9.84. The van der Waals surface area contributed by atoms with Crippen LogP contribution in [0.5, 0.6) is 0 Å². The Kier molecular flexibility index (Phi) is 2.52. The first-order chi connectivity index (χ1) is 6.61. The van der Waals surface area contributed by atoms with Crippen molar-refractivity contribution in [3.05, 3.63) is 0 Å². The molecule has 2 unspecified atom stereocenters. The van der Waals surface area contributed by atoms with Crippen LogP contribution in [0.15, 0.2) is 0 Å². The van der Waals surface area contributed by atoms with Crippen molar-refractivity contribution in [2.45, 2.75) is 51.2 Å². The third-order valence-corrected chi connectivity index (χ3v) is 3.32. The van der Waals surface area contributed by atoms with Crippen LogP contribution in [-0.2, 0) is 14.3 Å². The van der Waals surface area contributed by atoms with Crippen molar-refractivity contribution in [2.24, 2.45) is 5.92 Å². The zero-order chi connectivity index (χ0) is 10.2. The fourth-order valence-corrected chi connectivity index (χ4v) is 2.35. The Morgan fingerprint density at radius 3 is 2.79 bits per heavy atom. The van der Waals surface area contributed by atoms with E-state index in [2.05, 4.69) is 13.8 Å². The molecule has 2 aliphatic rings. The van der Waals surface area contributed by atoms with E-state index in [0.29, 0.717) is 12.3 Å². The average Bonchev–Trinajstić information content (AvgIpc) is 2.47. The molecule has 2 heterocycles. The minimum absolute atomic E-state index is 0.0330. The van der Waals surface area contributed by atoms with Gasteiger partial charge in [0.15, 0.2) is 0 Å². The second-order valence-electron chi connectivity index (χ2n) is 4.76. The van der Waals surface area contributed by atoms with Crippen LogP contribution in [0.1, 0.15) is 39.5 Å². The Bertz CT molecular complexity index is 237. The van der Waals surface area contributed by atoms with Gasteiger partial charge in [-0.25, -0.2) is 0 Å². The van der Waals surface area contributed by atoms with Crippen molar-refractivity contribution in [1.82, 2.24) is 0 Å².